The minimum atomic E-state index is 0.380. The Bertz CT molecular complexity index is 1440. The molecule has 0 radical (unpaired) electrons. The zero-order valence-corrected chi connectivity index (χ0v) is 19.9. The van der Waals surface area contributed by atoms with Crippen LogP contribution < -0.4 is 20.1 Å². The average Bonchev–Trinajstić information content (AvgIpc) is 3.35. The van der Waals surface area contributed by atoms with Crippen molar-refractivity contribution >= 4 is 28.5 Å². The van der Waals surface area contributed by atoms with Crippen LogP contribution >= 0.6 is 0 Å². The Balaban J connectivity index is 1.50. The van der Waals surface area contributed by atoms with Gasteiger partial charge in [0.05, 0.1) is 30.1 Å². The predicted octanol–water partition coefficient (Wildman–Crippen LogP) is 5.02. The molecule has 5 aromatic rings. The van der Waals surface area contributed by atoms with E-state index in [0.717, 1.165) is 17.0 Å². The molecule has 182 valence electrons. The van der Waals surface area contributed by atoms with Crippen LogP contribution in [0, 0.1) is 0 Å². The highest BCUT2D eigenvalue weighted by Crippen LogP contribution is 2.36. The van der Waals surface area contributed by atoms with Gasteiger partial charge in [-0.25, -0.2) is 4.98 Å². The highest BCUT2D eigenvalue weighted by atomic mass is 16.5. The number of hydrogen-bond acceptors (Lipinski definition) is 9. The molecule has 0 unspecified atom stereocenters. The van der Waals surface area contributed by atoms with Crippen molar-refractivity contribution in [3.63, 3.8) is 0 Å². The first-order valence-corrected chi connectivity index (χ1v) is 11.3. The van der Waals surface area contributed by atoms with E-state index in [-0.39, 0.29) is 0 Å². The Kier molecular flexibility index (Phi) is 6.86. The SMILES string of the molecule is CNc1cncc(-c2c[nH]c3nc(Nc4ccc(OCCOC)cc4)nc(Oc4ccccc4)c23)n1. The third-order valence-electron chi connectivity index (χ3n) is 5.29. The van der Waals surface area contributed by atoms with E-state index in [2.05, 4.69) is 30.6 Å². The maximum absolute atomic E-state index is 6.21. The van der Waals surface area contributed by atoms with E-state index in [1.807, 2.05) is 60.8 Å². The van der Waals surface area contributed by atoms with Crippen LogP contribution in [0.1, 0.15) is 0 Å². The van der Waals surface area contributed by atoms with Crippen LogP contribution in [0.15, 0.2) is 73.2 Å². The molecular formula is C26H25N7O3. The fourth-order valence-corrected chi connectivity index (χ4v) is 3.55. The number of H-pyrrole nitrogens is 1. The standard InChI is InChI=1S/C26H25N7O3/c1-27-22-16-28-15-21(31-22)20-14-29-24-23(20)25(36-19-6-4-3-5-7-19)33-26(32-24)30-17-8-10-18(11-9-17)35-13-12-34-2/h3-11,14-16H,12-13H2,1-2H3,(H,27,31)(H2,29,30,32,33). The molecule has 0 aliphatic heterocycles. The van der Waals surface area contributed by atoms with Gasteiger partial charge >= 0.3 is 0 Å². The van der Waals surface area contributed by atoms with Gasteiger partial charge < -0.3 is 29.8 Å². The fraction of sp³-hybridized carbons (Fsp3) is 0.154. The van der Waals surface area contributed by atoms with E-state index < -0.39 is 0 Å². The highest BCUT2D eigenvalue weighted by molar-refractivity contribution is 5.97. The lowest BCUT2D eigenvalue weighted by molar-refractivity contribution is 0.146. The second kappa shape index (κ2) is 10.7. The lowest BCUT2D eigenvalue weighted by Gasteiger charge is -2.11. The van der Waals surface area contributed by atoms with Gasteiger partial charge in [0, 0.05) is 31.6 Å². The molecule has 36 heavy (non-hydrogen) atoms. The molecule has 0 saturated heterocycles. The van der Waals surface area contributed by atoms with E-state index in [1.165, 1.54) is 0 Å². The molecule has 3 N–H and O–H groups in total. The Morgan fingerprint density at radius 2 is 1.72 bits per heavy atom. The van der Waals surface area contributed by atoms with Gasteiger partial charge in [0.25, 0.3) is 0 Å². The van der Waals surface area contributed by atoms with Crippen molar-refractivity contribution in [1.82, 2.24) is 24.9 Å². The van der Waals surface area contributed by atoms with Crippen molar-refractivity contribution in [1.29, 1.82) is 0 Å². The molecule has 0 amide bonds. The molecule has 0 saturated carbocycles. The second-order valence-electron chi connectivity index (χ2n) is 7.72. The summed E-state index contributed by atoms with van der Waals surface area (Å²) in [6, 6.07) is 17.0. The van der Waals surface area contributed by atoms with Gasteiger partial charge in [-0.2, -0.15) is 9.97 Å². The third kappa shape index (κ3) is 5.18. The van der Waals surface area contributed by atoms with Crippen molar-refractivity contribution < 1.29 is 14.2 Å². The molecule has 3 aromatic heterocycles. The summed E-state index contributed by atoms with van der Waals surface area (Å²) >= 11 is 0. The Morgan fingerprint density at radius 3 is 2.50 bits per heavy atom. The summed E-state index contributed by atoms with van der Waals surface area (Å²) in [7, 11) is 3.44. The normalized spacial score (nSPS) is 10.8. The molecule has 0 fully saturated rings. The van der Waals surface area contributed by atoms with Crippen molar-refractivity contribution in [2.24, 2.45) is 0 Å². The van der Waals surface area contributed by atoms with Gasteiger partial charge in [-0.15, -0.1) is 0 Å². The summed E-state index contributed by atoms with van der Waals surface area (Å²) in [5, 5.41) is 6.96. The smallest absolute Gasteiger partial charge is 0.234 e. The summed E-state index contributed by atoms with van der Waals surface area (Å²) in [4.78, 5) is 21.5. The number of para-hydroxylation sites is 1. The van der Waals surface area contributed by atoms with Crippen LogP contribution in [-0.2, 0) is 4.74 Å². The van der Waals surface area contributed by atoms with Gasteiger partial charge in [-0.3, -0.25) is 4.98 Å². The summed E-state index contributed by atoms with van der Waals surface area (Å²) in [5.74, 6) is 2.83. The Morgan fingerprint density at radius 1 is 0.889 bits per heavy atom. The van der Waals surface area contributed by atoms with Crippen LogP contribution in [0.3, 0.4) is 0 Å². The van der Waals surface area contributed by atoms with Crippen LogP contribution in [0.4, 0.5) is 17.5 Å². The summed E-state index contributed by atoms with van der Waals surface area (Å²) in [6.45, 7) is 1.01. The highest BCUT2D eigenvalue weighted by Gasteiger charge is 2.18. The summed E-state index contributed by atoms with van der Waals surface area (Å²) in [6.07, 6.45) is 5.18. The molecule has 0 aliphatic carbocycles. The molecule has 3 heterocycles. The van der Waals surface area contributed by atoms with Gasteiger partial charge in [0.1, 0.15) is 29.6 Å². The first-order chi connectivity index (χ1) is 17.7. The summed E-state index contributed by atoms with van der Waals surface area (Å²) < 4.78 is 16.9. The molecule has 2 aromatic carbocycles. The van der Waals surface area contributed by atoms with Gasteiger partial charge in [0.15, 0.2) is 0 Å². The van der Waals surface area contributed by atoms with E-state index in [0.29, 0.717) is 53.3 Å². The predicted molar refractivity (Wildman–Crippen MR) is 138 cm³/mol. The lowest BCUT2D eigenvalue weighted by atomic mass is 10.2. The van der Waals surface area contributed by atoms with Gasteiger partial charge in [-0.05, 0) is 36.4 Å². The second-order valence-corrected chi connectivity index (χ2v) is 7.72. The molecule has 0 spiro atoms. The van der Waals surface area contributed by atoms with Crippen LogP contribution in [0.25, 0.3) is 22.3 Å². The van der Waals surface area contributed by atoms with Gasteiger partial charge in [0.2, 0.25) is 11.8 Å². The number of rotatable bonds is 10. The van der Waals surface area contributed by atoms with Crippen LogP contribution in [0.2, 0.25) is 0 Å². The maximum atomic E-state index is 6.21. The zero-order chi connectivity index (χ0) is 24.7. The summed E-state index contributed by atoms with van der Waals surface area (Å²) in [5.41, 5.74) is 2.85. The topological polar surface area (TPSA) is 119 Å². The van der Waals surface area contributed by atoms with Crippen molar-refractivity contribution in [3.8, 4) is 28.6 Å². The third-order valence-corrected chi connectivity index (χ3v) is 5.29. The number of fused-ring (bicyclic) bond motifs is 1. The van der Waals surface area contributed by atoms with E-state index in [9.17, 15) is 0 Å². The van der Waals surface area contributed by atoms with Crippen molar-refractivity contribution in [3.05, 3.63) is 73.2 Å². The van der Waals surface area contributed by atoms with E-state index >= 15 is 0 Å². The fourth-order valence-electron chi connectivity index (χ4n) is 3.55. The maximum Gasteiger partial charge on any atom is 0.234 e. The first-order valence-electron chi connectivity index (χ1n) is 11.3. The zero-order valence-electron chi connectivity index (χ0n) is 19.9. The molecule has 0 bridgehead atoms. The number of benzene rings is 2. The van der Waals surface area contributed by atoms with Crippen molar-refractivity contribution in [2.75, 3.05) is 38.0 Å². The largest absolute Gasteiger partial charge is 0.491 e. The number of methoxy groups -OCH3 is 1. The Labute approximate surface area is 207 Å². The molecule has 10 heteroatoms. The van der Waals surface area contributed by atoms with Crippen LogP contribution in [0.5, 0.6) is 17.4 Å². The number of nitrogens with zero attached hydrogens (tertiary/aromatic N) is 4. The molecule has 10 nitrogen and oxygen atoms in total. The number of anilines is 3. The minimum Gasteiger partial charge on any atom is -0.491 e. The molecular weight excluding hydrogens is 458 g/mol. The van der Waals surface area contributed by atoms with Crippen molar-refractivity contribution in [2.45, 2.75) is 0 Å². The number of ether oxygens (including phenoxy) is 3. The Hall–Kier alpha value is -4.70. The lowest BCUT2D eigenvalue weighted by Crippen LogP contribution is -2.04. The average molecular weight is 484 g/mol. The van der Waals surface area contributed by atoms with Gasteiger partial charge in [-0.1, -0.05) is 18.2 Å². The number of hydrogen-bond donors (Lipinski definition) is 3. The quantitative estimate of drug-likeness (QED) is 0.235. The van der Waals surface area contributed by atoms with E-state index in [4.69, 9.17) is 19.2 Å². The van der Waals surface area contributed by atoms with E-state index in [1.54, 1.807) is 26.6 Å². The molecule has 0 aliphatic rings. The minimum absolute atomic E-state index is 0.380. The number of aromatic amines is 1. The van der Waals surface area contributed by atoms with Crippen LogP contribution in [-0.4, -0.2) is 52.3 Å². The number of nitrogens with one attached hydrogen (secondary N) is 3. The monoisotopic (exact) mass is 483 g/mol. The molecule has 5 rings (SSSR count). The number of aromatic nitrogens is 5. The first kappa shape index (κ1) is 23.1. The molecule has 0 atom stereocenters.